The lowest BCUT2D eigenvalue weighted by Gasteiger charge is -2.36. The highest BCUT2D eigenvalue weighted by Gasteiger charge is 2.35. The Morgan fingerprint density at radius 1 is 1.29 bits per heavy atom. The van der Waals surface area contributed by atoms with Crippen LogP contribution in [-0.2, 0) is 16.6 Å². The summed E-state index contributed by atoms with van der Waals surface area (Å²) < 4.78 is 29.2. The van der Waals surface area contributed by atoms with Crippen molar-refractivity contribution in [3.8, 4) is 0 Å². The van der Waals surface area contributed by atoms with Crippen molar-refractivity contribution in [2.24, 2.45) is 5.73 Å². The van der Waals surface area contributed by atoms with Crippen molar-refractivity contribution in [1.29, 1.82) is 0 Å². The summed E-state index contributed by atoms with van der Waals surface area (Å²) in [6.07, 6.45) is 5.75. The van der Waals surface area contributed by atoms with Crippen molar-refractivity contribution in [3.63, 3.8) is 0 Å². The number of nitrogens with two attached hydrogens (primary N) is 1. The van der Waals surface area contributed by atoms with E-state index in [1.807, 2.05) is 37.3 Å². The number of piperidine rings is 1. The second-order valence-corrected chi connectivity index (χ2v) is 8.29. The molecule has 7 heteroatoms. The molecule has 1 aromatic heterocycles. The Kier molecular flexibility index (Phi) is 5.03. The molecule has 0 aliphatic carbocycles. The fraction of sp³-hybridized carbons (Fsp3) is 0.471. The zero-order valence-corrected chi connectivity index (χ0v) is 14.7. The average Bonchev–Trinajstić information content (AvgIpc) is 3.05. The maximum Gasteiger partial charge on any atom is 0.246 e. The van der Waals surface area contributed by atoms with Crippen molar-refractivity contribution in [2.75, 3.05) is 6.54 Å². The van der Waals surface area contributed by atoms with E-state index in [0.29, 0.717) is 13.1 Å². The Labute approximate surface area is 143 Å². The molecule has 24 heavy (non-hydrogen) atoms. The van der Waals surface area contributed by atoms with Crippen molar-refractivity contribution in [3.05, 3.63) is 48.3 Å². The topological polar surface area (TPSA) is 81.2 Å². The minimum atomic E-state index is -3.56. The zero-order valence-electron chi connectivity index (χ0n) is 13.9. The van der Waals surface area contributed by atoms with E-state index in [1.165, 1.54) is 6.20 Å². The van der Waals surface area contributed by atoms with Crippen molar-refractivity contribution < 1.29 is 8.42 Å². The summed E-state index contributed by atoms with van der Waals surface area (Å²) in [4.78, 5) is 0.242. The van der Waals surface area contributed by atoms with Gasteiger partial charge in [0.15, 0.2) is 0 Å². The van der Waals surface area contributed by atoms with Crippen molar-refractivity contribution in [1.82, 2.24) is 14.1 Å². The van der Waals surface area contributed by atoms with Gasteiger partial charge in [0.05, 0.1) is 12.7 Å². The van der Waals surface area contributed by atoms with Gasteiger partial charge in [0.25, 0.3) is 0 Å². The second-order valence-electron chi connectivity index (χ2n) is 6.40. The van der Waals surface area contributed by atoms with Crippen LogP contribution in [0.3, 0.4) is 0 Å². The Morgan fingerprint density at radius 2 is 2.04 bits per heavy atom. The van der Waals surface area contributed by atoms with Gasteiger partial charge in [-0.05, 0) is 25.3 Å². The maximum atomic E-state index is 13.0. The third-order valence-electron chi connectivity index (χ3n) is 4.51. The third-order valence-corrected chi connectivity index (χ3v) is 6.39. The highest BCUT2D eigenvalue weighted by atomic mass is 32.2. The highest BCUT2D eigenvalue weighted by molar-refractivity contribution is 7.89. The molecule has 2 aromatic rings. The summed E-state index contributed by atoms with van der Waals surface area (Å²) >= 11 is 0. The van der Waals surface area contributed by atoms with Gasteiger partial charge in [0.2, 0.25) is 10.0 Å². The van der Waals surface area contributed by atoms with Crippen molar-refractivity contribution in [2.45, 2.75) is 49.7 Å². The predicted octanol–water partition coefficient (Wildman–Crippen LogP) is 1.82. The quantitative estimate of drug-likeness (QED) is 0.894. The Bertz CT molecular complexity index is 771. The maximum absolute atomic E-state index is 13.0. The van der Waals surface area contributed by atoms with Crippen LogP contribution >= 0.6 is 0 Å². The van der Waals surface area contributed by atoms with E-state index in [9.17, 15) is 8.42 Å². The molecule has 0 bridgehead atoms. The number of aromatic nitrogens is 2. The molecule has 1 aliphatic rings. The van der Waals surface area contributed by atoms with Crippen LogP contribution < -0.4 is 5.73 Å². The van der Waals surface area contributed by atoms with Gasteiger partial charge in [-0.1, -0.05) is 36.8 Å². The predicted molar refractivity (Wildman–Crippen MR) is 93.0 cm³/mol. The molecule has 0 saturated carbocycles. The van der Waals surface area contributed by atoms with Gasteiger partial charge in [-0.25, -0.2) is 8.42 Å². The minimum absolute atomic E-state index is 0.138. The molecule has 0 unspecified atom stereocenters. The number of hydrogen-bond donors (Lipinski definition) is 1. The molecular weight excluding hydrogens is 324 g/mol. The lowest BCUT2D eigenvalue weighted by Crippen LogP contribution is -2.51. The SMILES string of the molecule is C[C@@H](N)[C@H]1CCCCN1S(=O)(=O)c1cnn(Cc2ccccc2)c1. The van der Waals surface area contributed by atoms with E-state index in [1.54, 1.807) is 15.2 Å². The molecule has 1 aliphatic heterocycles. The van der Waals surface area contributed by atoms with Crippen LogP contribution in [0.15, 0.2) is 47.6 Å². The summed E-state index contributed by atoms with van der Waals surface area (Å²) in [6.45, 7) is 2.95. The monoisotopic (exact) mass is 348 g/mol. The van der Waals surface area contributed by atoms with E-state index in [2.05, 4.69) is 5.10 Å². The molecule has 2 atom stereocenters. The van der Waals surface area contributed by atoms with Crippen LogP contribution in [0.5, 0.6) is 0 Å². The molecule has 0 spiro atoms. The Hall–Kier alpha value is -1.70. The van der Waals surface area contributed by atoms with E-state index < -0.39 is 10.0 Å². The van der Waals surface area contributed by atoms with Gasteiger partial charge in [-0.3, -0.25) is 4.68 Å². The number of nitrogens with zero attached hydrogens (tertiary/aromatic N) is 3. The molecule has 2 N–H and O–H groups in total. The molecule has 1 aromatic carbocycles. The average molecular weight is 348 g/mol. The first kappa shape index (κ1) is 17.1. The molecule has 0 amide bonds. The zero-order chi connectivity index (χ0) is 17.2. The smallest absolute Gasteiger partial charge is 0.246 e. The molecule has 130 valence electrons. The fourth-order valence-corrected chi connectivity index (χ4v) is 4.95. The fourth-order valence-electron chi connectivity index (χ4n) is 3.22. The van der Waals surface area contributed by atoms with Crippen molar-refractivity contribution >= 4 is 10.0 Å². The highest BCUT2D eigenvalue weighted by Crippen LogP contribution is 2.26. The van der Waals surface area contributed by atoms with E-state index >= 15 is 0 Å². The van der Waals surface area contributed by atoms with Gasteiger partial charge < -0.3 is 5.73 Å². The summed E-state index contributed by atoms with van der Waals surface area (Å²) in [5, 5.41) is 4.22. The lowest BCUT2D eigenvalue weighted by molar-refractivity contribution is 0.227. The molecule has 0 radical (unpaired) electrons. The van der Waals surface area contributed by atoms with Crippen LogP contribution in [0.1, 0.15) is 31.7 Å². The van der Waals surface area contributed by atoms with E-state index in [4.69, 9.17) is 5.73 Å². The number of sulfonamides is 1. The van der Waals surface area contributed by atoms with Crippen LogP contribution in [-0.4, -0.2) is 41.1 Å². The number of benzene rings is 1. The van der Waals surface area contributed by atoms with Crippen LogP contribution in [0.4, 0.5) is 0 Å². The summed E-state index contributed by atoms with van der Waals surface area (Å²) in [5.41, 5.74) is 7.09. The Morgan fingerprint density at radius 3 is 2.75 bits per heavy atom. The van der Waals surface area contributed by atoms with Crippen LogP contribution in [0.2, 0.25) is 0 Å². The second kappa shape index (κ2) is 7.04. The number of rotatable bonds is 5. The molecule has 2 heterocycles. The van der Waals surface area contributed by atoms with Gasteiger partial charge >= 0.3 is 0 Å². The molecule has 1 fully saturated rings. The van der Waals surface area contributed by atoms with Gasteiger partial charge in [-0.15, -0.1) is 0 Å². The molecule has 3 rings (SSSR count). The third kappa shape index (κ3) is 3.53. The van der Waals surface area contributed by atoms with Gasteiger partial charge in [-0.2, -0.15) is 9.40 Å². The lowest BCUT2D eigenvalue weighted by atomic mass is 10.00. The molecule has 6 nitrogen and oxygen atoms in total. The van der Waals surface area contributed by atoms with Gasteiger partial charge in [0, 0.05) is 24.8 Å². The first-order valence-corrected chi connectivity index (χ1v) is 9.76. The standard InChI is InChI=1S/C17H24N4O2S/c1-14(18)17-9-5-6-10-21(17)24(22,23)16-11-19-20(13-16)12-15-7-3-2-4-8-15/h2-4,7-8,11,13-14,17H,5-6,9-10,12,18H2,1H3/t14-,17-/m1/s1. The van der Waals surface area contributed by atoms with Crippen LogP contribution in [0.25, 0.3) is 0 Å². The minimum Gasteiger partial charge on any atom is -0.326 e. The first-order valence-electron chi connectivity index (χ1n) is 8.32. The van der Waals surface area contributed by atoms with E-state index in [0.717, 1.165) is 24.8 Å². The van der Waals surface area contributed by atoms with Crippen LogP contribution in [0, 0.1) is 0 Å². The van der Waals surface area contributed by atoms with Gasteiger partial charge in [0.1, 0.15) is 4.90 Å². The largest absolute Gasteiger partial charge is 0.326 e. The van der Waals surface area contributed by atoms with E-state index in [-0.39, 0.29) is 17.0 Å². The normalized spacial score (nSPS) is 20.8. The summed E-state index contributed by atoms with van der Waals surface area (Å²) in [7, 11) is -3.56. The molecule has 1 saturated heterocycles. The summed E-state index contributed by atoms with van der Waals surface area (Å²) in [6, 6.07) is 9.53. The Balaban J connectivity index is 1.82. The molecular formula is C17H24N4O2S. The first-order chi connectivity index (χ1) is 11.5. The number of hydrogen-bond acceptors (Lipinski definition) is 4. The summed E-state index contributed by atoms with van der Waals surface area (Å²) in [5.74, 6) is 0.